The number of nitro groups is 1. The summed E-state index contributed by atoms with van der Waals surface area (Å²) in [5, 5.41) is 10.7. The molecule has 0 saturated carbocycles. The van der Waals surface area contributed by atoms with Crippen molar-refractivity contribution in [3.8, 4) is 0 Å². The van der Waals surface area contributed by atoms with E-state index in [0.717, 1.165) is 12.1 Å². The van der Waals surface area contributed by atoms with Gasteiger partial charge in [-0.25, -0.2) is 8.78 Å². The van der Waals surface area contributed by atoms with Gasteiger partial charge in [-0.3, -0.25) is 10.1 Å². The molecule has 1 aromatic carbocycles. The second kappa shape index (κ2) is 4.03. The molecule has 0 unspecified atom stereocenters. The molecule has 4 nitrogen and oxygen atoms in total. The van der Waals surface area contributed by atoms with Crippen LogP contribution in [0.5, 0.6) is 0 Å². The highest BCUT2D eigenvalue weighted by Crippen LogP contribution is 2.31. The summed E-state index contributed by atoms with van der Waals surface area (Å²) in [6.07, 6.45) is -0.612. The number of hydrogen-bond donors (Lipinski definition) is 0. The van der Waals surface area contributed by atoms with Crippen molar-refractivity contribution < 1.29 is 13.7 Å². The molecule has 0 radical (unpaired) electrons. The Morgan fingerprint density at radius 1 is 1.50 bits per heavy atom. The zero-order chi connectivity index (χ0) is 11.7. The summed E-state index contributed by atoms with van der Waals surface area (Å²) >= 11 is 0. The van der Waals surface area contributed by atoms with Crippen molar-refractivity contribution in [2.24, 2.45) is 0 Å². The first-order valence-corrected chi connectivity index (χ1v) is 4.91. The first kappa shape index (κ1) is 10.8. The van der Waals surface area contributed by atoms with Crippen LogP contribution in [0.15, 0.2) is 18.2 Å². The molecule has 1 aromatic rings. The third kappa shape index (κ3) is 1.95. The van der Waals surface area contributed by atoms with Crippen LogP contribution in [0.2, 0.25) is 0 Å². The number of anilines is 1. The molecule has 0 bridgehead atoms. The Labute approximate surface area is 90.6 Å². The Morgan fingerprint density at radius 3 is 2.81 bits per heavy atom. The molecular formula is C10H10F2N2O2. The maximum absolute atomic E-state index is 13.0. The summed E-state index contributed by atoms with van der Waals surface area (Å²) in [5.74, 6) is -0.661. The molecule has 1 heterocycles. The standard InChI is InChI=1S/C10H10F2N2O2/c11-7-1-2-9(10(5-7)14(15)16)13-4-3-8(12)6-13/h1-2,5,8H,3-4,6H2/t8-/m0/s1. The minimum atomic E-state index is -0.968. The van der Waals surface area contributed by atoms with Gasteiger partial charge in [-0.1, -0.05) is 0 Å². The minimum Gasteiger partial charge on any atom is -0.363 e. The van der Waals surface area contributed by atoms with Crippen molar-refractivity contribution >= 4 is 11.4 Å². The molecule has 1 fully saturated rings. The first-order valence-electron chi connectivity index (χ1n) is 4.91. The van der Waals surface area contributed by atoms with Crippen LogP contribution < -0.4 is 4.90 Å². The van der Waals surface area contributed by atoms with Gasteiger partial charge in [0.25, 0.3) is 5.69 Å². The van der Waals surface area contributed by atoms with Crippen LogP contribution >= 0.6 is 0 Å². The molecule has 0 aromatic heterocycles. The molecule has 0 spiro atoms. The molecule has 1 atom stereocenters. The fourth-order valence-electron chi connectivity index (χ4n) is 1.85. The molecule has 0 N–H and O–H groups in total. The van der Waals surface area contributed by atoms with E-state index in [1.807, 2.05) is 0 Å². The van der Waals surface area contributed by atoms with Crippen LogP contribution in [0.4, 0.5) is 20.2 Å². The van der Waals surface area contributed by atoms with E-state index in [9.17, 15) is 18.9 Å². The third-order valence-electron chi connectivity index (χ3n) is 2.61. The van der Waals surface area contributed by atoms with E-state index >= 15 is 0 Å². The van der Waals surface area contributed by atoms with Gasteiger partial charge < -0.3 is 4.90 Å². The SMILES string of the molecule is O=[N+]([O-])c1cc(F)ccc1N1CC[C@H](F)C1. The van der Waals surface area contributed by atoms with Crippen molar-refractivity contribution in [1.29, 1.82) is 0 Å². The van der Waals surface area contributed by atoms with E-state index in [1.165, 1.54) is 6.07 Å². The maximum atomic E-state index is 13.0. The molecular weight excluding hydrogens is 218 g/mol. The van der Waals surface area contributed by atoms with Crippen molar-refractivity contribution in [2.45, 2.75) is 12.6 Å². The van der Waals surface area contributed by atoms with Crippen LogP contribution in [0.25, 0.3) is 0 Å². The van der Waals surface area contributed by atoms with Crippen LogP contribution in [0.3, 0.4) is 0 Å². The molecule has 0 aliphatic carbocycles. The maximum Gasteiger partial charge on any atom is 0.295 e. The number of hydrogen-bond acceptors (Lipinski definition) is 3. The van der Waals surface area contributed by atoms with Gasteiger partial charge in [0, 0.05) is 13.1 Å². The Balaban J connectivity index is 2.36. The summed E-state index contributed by atoms with van der Waals surface area (Å²) in [7, 11) is 0. The quantitative estimate of drug-likeness (QED) is 0.576. The van der Waals surface area contributed by atoms with Crippen LogP contribution in [0.1, 0.15) is 6.42 Å². The average molecular weight is 228 g/mol. The monoisotopic (exact) mass is 228 g/mol. The summed E-state index contributed by atoms with van der Waals surface area (Å²) in [5.41, 5.74) is -0.0272. The van der Waals surface area contributed by atoms with Gasteiger partial charge in [0.1, 0.15) is 17.7 Å². The predicted octanol–water partition coefficient (Wildman–Crippen LogP) is 2.28. The van der Waals surface area contributed by atoms with Gasteiger partial charge in [-0.15, -0.1) is 0 Å². The second-order valence-corrected chi connectivity index (χ2v) is 3.72. The highest BCUT2D eigenvalue weighted by Gasteiger charge is 2.27. The van der Waals surface area contributed by atoms with Crippen LogP contribution in [-0.2, 0) is 0 Å². The lowest BCUT2D eigenvalue weighted by Crippen LogP contribution is -2.21. The molecule has 6 heteroatoms. The number of nitrogens with zero attached hydrogens (tertiary/aromatic N) is 2. The number of nitro benzene ring substituents is 1. The lowest BCUT2D eigenvalue weighted by molar-refractivity contribution is -0.384. The van der Waals surface area contributed by atoms with Gasteiger partial charge >= 0.3 is 0 Å². The fourth-order valence-corrected chi connectivity index (χ4v) is 1.85. The van der Waals surface area contributed by atoms with E-state index in [1.54, 1.807) is 4.90 Å². The molecule has 1 saturated heterocycles. The van der Waals surface area contributed by atoms with E-state index in [0.29, 0.717) is 13.0 Å². The zero-order valence-electron chi connectivity index (χ0n) is 8.40. The predicted molar refractivity (Wildman–Crippen MR) is 54.8 cm³/mol. The van der Waals surface area contributed by atoms with Crippen LogP contribution in [-0.4, -0.2) is 24.2 Å². The molecule has 1 aliphatic heterocycles. The van der Waals surface area contributed by atoms with E-state index in [4.69, 9.17) is 0 Å². The second-order valence-electron chi connectivity index (χ2n) is 3.72. The van der Waals surface area contributed by atoms with Crippen molar-refractivity contribution in [3.05, 3.63) is 34.1 Å². The highest BCUT2D eigenvalue weighted by atomic mass is 19.1. The smallest absolute Gasteiger partial charge is 0.295 e. The van der Waals surface area contributed by atoms with E-state index in [2.05, 4.69) is 0 Å². The number of alkyl halides is 1. The van der Waals surface area contributed by atoms with Crippen LogP contribution in [0, 0.1) is 15.9 Å². The number of benzene rings is 1. The average Bonchev–Trinajstić information content (AvgIpc) is 2.64. The van der Waals surface area contributed by atoms with Gasteiger partial charge in [0.2, 0.25) is 0 Å². The normalized spacial score (nSPS) is 20.1. The number of halogens is 2. The Morgan fingerprint density at radius 2 is 2.25 bits per heavy atom. The molecule has 86 valence electrons. The van der Waals surface area contributed by atoms with E-state index < -0.39 is 16.9 Å². The lowest BCUT2D eigenvalue weighted by atomic mass is 10.2. The van der Waals surface area contributed by atoms with Gasteiger partial charge in [-0.05, 0) is 18.6 Å². The van der Waals surface area contributed by atoms with Gasteiger partial charge in [0.15, 0.2) is 0 Å². The topological polar surface area (TPSA) is 46.4 Å². The Bertz CT molecular complexity index is 425. The summed E-state index contributed by atoms with van der Waals surface area (Å²) in [4.78, 5) is 11.7. The lowest BCUT2D eigenvalue weighted by Gasteiger charge is -2.17. The minimum absolute atomic E-state index is 0.131. The van der Waals surface area contributed by atoms with Gasteiger partial charge in [-0.2, -0.15) is 0 Å². The Hall–Kier alpha value is -1.72. The van der Waals surface area contributed by atoms with Gasteiger partial charge in [0.05, 0.1) is 11.0 Å². The highest BCUT2D eigenvalue weighted by molar-refractivity contribution is 5.63. The van der Waals surface area contributed by atoms with Crippen molar-refractivity contribution in [3.63, 3.8) is 0 Å². The largest absolute Gasteiger partial charge is 0.363 e. The molecule has 0 amide bonds. The zero-order valence-corrected chi connectivity index (χ0v) is 8.40. The van der Waals surface area contributed by atoms with E-state index in [-0.39, 0.29) is 17.9 Å². The molecule has 16 heavy (non-hydrogen) atoms. The molecule has 2 rings (SSSR count). The molecule has 1 aliphatic rings. The summed E-state index contributed by atoms with van der Waals surface area (Å²) in [6.45, 7) is 0.556. The first-order chi connectivity index (χ1) is 7.58. The fraction of sp³-hybridized carbons (Fsp3) is 0.400. The Kier molecular flexibility index (Phi) is 2.72. The third-order valence-corrected chi connectivity index (χ3v) is 2.61. The summed E-state index contributed by atoms with van der Waals surface area (Å²) in [6, 6.07) is 3.33. The van der Waals surface area contributed by atoms with Crippen molar-refractivity contribution in [2.75, 3.05) is 18.0 Å². The summed E-state index contributed by atoms with van der Waals surface area (Å²) < 4.78 is 25.9. The van der Waals surface area contributed by atoms with Crippen molar-refractivity contribution in [1.82, 2.24) is 0 Å². The number of rotatable bonds is 2.